The maximum atomic E-state index is 10.2. The van der Waals surface area contributed by atoms with Gasteiger partial charge in [0.2, 0.25) is 5.91 Å². The number of hydrogen-bond donors (Lipinski definition) is 3. The van der Waals surface area contributed by atoms with Gasteiger partial charge in [-0.2, -0.15) is 11.8 Å². The Labute approximate surface area is 107 Å². The molecular weight excluding hydrogens is 242 g/mol. The van der Waals surface area contributed by atoms with Crippen LogP contribution in [-0.4, -0.2) is 33.7 Å². The van der Waals surface area contributed by atoms with Gasteiger partial charge in [0.05, 0.1) is 6.42 Å². The molecule has 1 amide bonds. The van der Waals surface area contributed by atoms with E-state index in [0.717, 1.165) is 11.5 Å². The van der Waals surface area contributed by atoms with Crippen LogP contribution < -0.4 is 5.48 Å². The van der Waals surface area contributed by atoms with E-state index in [1.54, 1.807) is 25.6 Å². The van der Waals surface area contributed by atoms with Crippen molar-refractivity contribution in [2.75, 3.05) is 11.5 Å². The quantitative estimate of drug-likeness (QED) is 0.388. The van der Waals surface area contributed by atoms with Gasteiger partial charge in [-0.05, 0) is 11.7 Å². The third-order valence-electron chi connectivity index (χ3n) is 1.55. The number of rotatable bonds is 6. The fourth-order valence-corrected chi connectivity index (χ4v) is 1.56. The lowest BCUT2D eigenvalue weighted by Gasteiger charge is -2.01. The molecule has 0 bridgehead atoms. The molecule has 0 aliphatic rings. The van der Waals surface area contributed by atoms with E-state index in [1.807, 2.05) is 0 Å². The second-order valence-corrected chi connectivity index (χ2v) is 5.39. The molecule has 0 aromatic carbocycles. The first-order valence-electron chi connectivity index (χ1n) is 5.54. The van der Waals surface area contributed by atoms with Crippen LogP contribution in [0, 0.1) is 11.8 Å². The Morgan fingerprint density at radius 3 is 2.00 bits per heavy atom. The molecule has 0 radical (unpaired) electrons. The highest BCUT2D eigenvalue weighted by molar-refractivity contribution is 7.99. The van der Waals surface area contributed by atoms with Crippen LogP contribution >= 0.6 is 11.8 Å². The second-order valence-electron chi connectivity index (χ2n) is 4.24. The first kappa shape index (κ1) is 18.6. The summed E-state index contributed by atoms with van der Waals surface area (Å²) in [5.41, 5.74) is 1.53. The molecule has 0 aromatic rings. The number of carboxylic acid groups (broad SMARTS) is 1. The van der Waals surface area contributed by atoms with Gasteiger partial charge in [0, 0.05) is 11.7 Å². The van der Waals surface area contributed by atoms with Crippen molar-refractivity contribution < 1.29 is 19.9 Å². The van der Waals surface area contributed by atoms with Crippen molar-refractivity contribution in [2.45, 2.75) is 34.1 Å². The Hall–Kier alpha value is -0.750. The van der Waals surface area contributed by atoms with Crippen molar-refractivity contribution in [3.63, 3.8) is 0 Å². The van der Waals surface area contributed by atoms with Crippen LogP contribution in [0.3, 0.4) is 0 Å². The van der Waals surface area contributed by atoms with Gasteiger partial charge >= 0.3 is 5.97 Å². The van der Waals surface area contributed by atoms with Gasteiger partial charge in [0.25, 0.3) is 0 Å². The zero-order chi connectivity index (χ0) is 13.8. The van der Waals surface area contributed by atoms with Gasteiger partial charge < -0.3 is 5.11 Å². The number of carbonyl (C=O) groups is 2. The molecule has 0 spiro atoms. The number of carboxylic acids is 1. The van der Waals surface area contributed by atoms with E-state index >= 15 is 0 Å². The van der Waals surface area contributed by atoms with Crippen LogP contribution in [0.15, 0.2) is 0 Å². The van der Waals surface area contributed by atoms with Crippen LogP contribution in [0.2, 0.25) is 0 Å². The number of carbonyl (C=O) groups excluding carboxylic acids is 1. The third kappa shape index (κ3) is 17.8. The highest BCUT2D eigenvalue weighted by Gasteiger charge is 2.01. The van der Waals surface area contributed by atoms with Gasteiger partial charge in [0.15, 0.2) is 0 Å². The number of amides is 1. The second kappa shape index (κ2) is 11.7. The monoisotopic (exact) mass is 265 g/mol. The van der Waals surface area contributed by atoms with Gasteiger partial charge in [0.1, 0.15) is 0 Å². The fraction of sp³-hybridized carbons (Fsp3) is 0.818. The van der Waals surface area contributed by atoms with E-state index in [-0.39, 0.29) is 18.2 Å². The molecule has 6 heteroatoms. The largest absolute Gasteiger partial charge is 0.481 e. The van der Waals surface area contributed by atoms with Gasteiger partial charge in [-0.3, -0.25) is 14.8 Å². The number of aliphatic carboxylic acids is 1. The lowest BCUT2D eigenvalue weighted by molar-refractivity contribution is -0.136. The first-order valence-corrected chi connectivity index (χ1v) is 6.70. The van der Waals surface area contributed by atoms with Crippen LogP contribution in [-0.2, 0) is 9.59 Å². The van der Waals surface area contributed by atoms with Crippen molar-refractivity contribution in [3.8, 4) is 0 Å². The number of hydroxylamine groups is 1. The summed E-state index contributed by atoms with van der Waals surface area (Å²) in [6.45, 7) is 7.67. The predicted molar refractivity (Wildman–Crippen MR) is 69.2 cm³/mol. The molecule has 3 N–H and O–H groups in total. The van der Waals surface area contributed by atoms with Crippen LogP contribution in [0.5, 0.6) is 0 Å². The van der Waals surface area contributed by atoms with Gasteiger partial charge in [-0.15, -0.1) is 0 Å². The maximum Gasteiger partial charge on any atom is 0.304 e. The molecule has 0 saturated heterocycles. The molecule has 0 atom stereocenters. The summed E-state index contributed by atoms with van der Waals surface area (Å²) in [5, 5.41) is 16.2. The summed E-state index contributed by atoms with van der Waals surface area (Å²) >= 11 is 1.71. The highest BCUT2D eigenvalue weighted by Crippen LogP contribution is 2.07. The maximum absolute atomic E-state index is 10.2. The fourth-order valence-electron chi connectivity index (χ4n) is 0.608. The lowest BCUT2D eigenvalue weighted by atomic mass is 10.2. The zero-order valence-electron chi connectivity index (χ0n) is 10.9. The van der Waals surface area contributed by atoms with E-state index in [4.69, 9.17) is 10.3 Å². The SMILES string of the molecule is CC(C)C(=O)NO.CC(C)CSCCC(=O)O. The van der Waals surface area contributed by atoms with Crippen LogP contribution in [0.1, 0.15) is 34.1 Å². The first-order chi connectivity index (χ1) is 7.81. The number of thioether (sulfide) groups is 1. The van der Waals surface area contributed by atoms with Crippen molar-refractivity contribution >= 4 is 23.6 Å². The molecule has 0 aliphatic heterocycles. The van der Waals surface area contributed by atoms with Crippen LogP contribution in [0.25, 0.3) is 0 Å². The molecule has 0 fully saturated rings. The predicted octanol–water partition coefficient (Wildman–Crippen LogP) is 2.00. The lowest BCUT2D eigenvalue weighted by Crippen LogP contribution is -2.23. The standard InChI is InChI=1S/C7H14O2S.C4H9NO2/c1-6(2)5-10-4-3-7(8)9;1-3(2)4(6)5-7/h6H,3-5H2,1-2H3,(H,8,9);3,7H,1-2H3,(H,5,6). The van der Waals surface area contributed by atoms with Gasteiger partial charge in [-0.1, -0.05) is 27.7 Å². The molecule has 0 aromatic heterocycles. The average molecular weight is 265 g/mol. The normalized spacial score (nSPS) is 9.82. The highest BCUT2D eigenvalue weighted by atomic mass is 32.2. The van der Waals surface area contributed by atoms with Crippen molar-refractivity contribution in [3.05, 3.63) is 0 Å². The van der Waals surface area contributed by atoms with Crippen LogP contribution in [0.4, 0.5) is 0 Å². The molecule has 0 aliphatic carbocycles. The number of nitrogens with one attached hydrogen (secondary N) is 1. The summed E-state index contributed by atoms with van der Waals surface area (Å²) < 4.78 is 0. The molecule has 102 valence electrons. The van der Waals surface area contributed by atoms with E-state index < -0.39 is 5.97 Å². The Morgan fingerprint density at radius 1 is 1.24 bits per heavy atom. The minimum absolute atomic E-state index is 0.134. The summed E-state index contributed by atoms with van der Waals surface area (Å²) in [6, 6.07) is 0. The van der Waals surface area contributed by atoms with E-state index in [1.165, 1.54) is 5.48 Å². The molecule has 0 saturated carbocycles. The molecule has 0 unspecified atom stereocenters. The summed E-state index contributed by atoms with van der Waals surface area (Å²) in [4.78, 5) is 20.2. The molecule has 0 rings (SSSR count). The van der Waals surface area contributed by atoms with Gasteiger partial charge in [-0.25, -0.2) is 5.48 Å². The van der Waals surface area contributed by atoms with Crippen molar-refractivity contribution in [1.82, 2.24) is 5.48 Å². The zero-order valence-corrected chi connectivity index (χ0v) is 11.7. The summed E-state index contributed by atoms with van der Waals surface area (Å²) in [5.74, 6) is 1.29. The molecular formula is C11H23NO4S. The Balaban J connectivity index is 0. The number of hydrogen-bond acceptors (Lipinski definition) is 4. The third-order valence-corrected chi connectivity index (χ3v) is 2.94. The van der Waals surface area contributed by atoms with Crippen molar-refractivity contribution in [2.24, 2.45) is 11.8 Å². The Bertz CT molecular complexity index is 220. The molecule has 17 heavy (non-hydrogen) atoms. The Kier molecular flexibility index (Phi) is 12.8. The molecule has 5 nitrogen and oxygen atoms in total. The topological polar surface area (TPSA) is 86.6 Å². The van der Waals surface area contributed by atoms with E-state index in [2.05, 4.69) is 13.8 Å². The average Bonchev–Trinajstić information content (AvgIpc) is 2.23. The Morgan fingerprint density at radius 2 is 1.76 bits per heavy atom. The molecule has 0 heterocycles. The van der Waals surface area contributed by atoms with Crippen molar-refractivity contribution in [1.29, 1.82) is 0 Å². The summed E-state index contributed by atoms with van der Waals surface area (Å²) in [6.07, 6.45) is 0.289. The van der Waals surface area contributed by atoms with E-state index in [9.17, 15) is 9.59 Å². The summed E-state index contributed by atoms with van der Waals surface area (Å²) in [7, 11) is 0. The smallest absolute Gasteiger partial charge is 0.304 e. The minimum Gasteiger partial charge on any atom is -0.481 e. The minimum atomic E-state index is -0.698. The van der Waals surface area contributed by atoms with E-state index in [0.29, 0.717) is 5.92 Å².